The van der Waals surface area contributed by atoms with Crippen LogP contribution in [0.4, 0.5) is 0 Å². The fourth-order valence-electron chi connectivity index (χ4n) is 3.52. The molecule has 2 aromatic rings. The number of halogens is 1. The van der Waals surface area contributed by atoms with Crippen LogP contribution in [0.15, 0.2) is 42.5 Å². The van der Waals surface area contributed by atoms with Crippen LogP contribution in [0.5, 0.6) is 23.0 Å². The van der Waals surface area contributed by atoms with Crippen LogP contribution < -0.4 is 18.9 Å². The first-order valence-corrected chi connectivity index (χ1v) is 10.3. The molecule has 0 spiro atoms. The molecule has 0 aromatic heterocycles. The van der Waals surface area contributed by atoms with E-state index in [-0.39, 0.29) is 35.8 Å². The SMILES string of the molecule is CCC(=O)Oc1c(OC)c(OC)c(OC(=O)CC2(Cl)C=CC=CC2)c2c(C)cccc12. The summed E-state index contributed by atoms with van der Waals surface area (Å²) in [6.07, 6.45) is 8.06. The number of benzene rings is 2. The Morgan fingerprint density at radius 2 is 1.68 bits per heavy atom. The largest absolute Gasteiger partial charge is 0.490 e. The number of aryl methyl sites for hydroxylation is 1. The molecule has 6 nitrogen and oxygen atoms in total. The Labute approximate surface area is 186 Å². The first kappa shape index (κ1) is 22.7. The van der Waals surface area contributed by atoms with Crippen LogP contribution >= 0.6 is 11.6 Å². The van der Waals surface area contributed by atoms with E-state index in [2.05, 4.69) is 0 Å². The predicted molar refractivity (Wildman–Crippen MR) is 119 cm³/mol. The molecular weight excluding hydrogens is 420 g/mol. The van der Waals surface area contributed by atoms with Gasteiger partial charge in [0.1, 0.15) is 0 Å². The highest BCUT2D eigenvalue weighted by Gasteiger charge is 2.31. The summed E-state index contributed by atoms with van der Waals surface area (Å²) >= 11 is 6.56. The second-order valence-electron chi connectivity index (χ2n) is 7.23. The van der Waals surface area contributed by atoms with Crippen LogP contribution in [0.2, 0.25) is 0 Å². The normalized spacial score (nSPS) is 17.5. The molecule has 0 radical (unpaired) electrons. The van der Waals surface area contributed by atoms with Gasteiger partial charge in [0, 0.05) is 17.2 Å². The molecule has 0 saturated heterocycles. The lowest BCUT2D eigenvalue weighted by atomic mass is 9.96. The number of hydrogen-bond donors (Lipinski definition) is 0. The van der Waals surface area contributed by atoms with Crippen LogP contribution in [0.3, 0.4) is 0 Å². The lowest BCUT2D eigenvalue weighted by Gasteiger charge is -2.24. The quantitative estimate of drug-likeness (QED) is 0.329. The summed E-state index contributed by atoms with van der Waals surface area (Å²) in [6, 6.07) is 5.47. The van der Waals surface area contributed by atoms with Gasteiger partial charge < -0.3 is 18.9 Å². The van der Waals surface area contributed by atoms with Crippen molar-refractivity contribution in [1.29, 1.82) is 0 Å². The molecule has 0 amide bonds. The third-order valence-corrected chi connectivity index (χ3v) is 5.44. The fourth-order valence-corrected chi connectivity index (χ4v) is 3.79. The predicted octanol–water partition coefficient (Wildman–Crippen LogP) is 5.27. The minimum atomic E-state index is -0.843. The monoisotopic (exact) mass is 444 g/mol. The van der Waals surface area contributed by atoms with E-state index >= 15 is 0 Å². The first-order valence-electron chi connectivity index (χ1n) is 9.95. The summed E-state index contributed by atoms with van der Waals surface area (Å²) in [5.74, 6) is -0.180. The Morgan fingerprint density at radius 3 is 2.29 bits per heavy atom. The van der Waals surface area contributed by atoms with Gasteiger partial charge in [-0.25, -0.2) is 0 Å². The molecule has 1 unspecified atom stereocenters. The number of carbonyl (C=O) groups excluding carboxylic acids is 2. The average Bonchev–Trinajstić information content (AvgIpc) is 2.74. The lowest BCUT2D eigenvalue weighted by molar-refractivity contribution is -0.135. The van der Waals surface area contributed by atoms with Crippen molar-refractivity contribution in [1.82, 2.24) is 0 Å². The third-order valence-electron chi connectivity index (χ3n) is 5.03. The van der Waals surface area contributed by atoms with Crippen molar-refractivity contribution in [2.45, 2.75) is 38.0 Å². The van der Waals surface area contributed by atoms with Crippen molar-refractivity contribution in [3.8, 4) is 23.0 Å². The molecule has 0 bridgehead atoms. The van der Waals surface area contributed by atoms with Gasteiger partial charge in [0.25, 0.3) is 0 Å². The van der Waals surface area contributed by atoms with Crippen molar-refractivity contribution < 1.29 is 28.5 Å². The zero-order chi connectivity index (χ0) is 22.6. The van der Waals surface area contributed by atoms with E-state index in [1.54, 1.807) is 19.1 Å². The third kappa shape index (κ3) is 4.69. The first-order chi connectivity index (χ1) is 14.8. The molecule has 1 atom stereocenters. The van der Waals surface area contributed by atoms with Gasteiger partial charge in [0.2, 0.25) is 11.5 Å². The molecule has 0 fully saturated rings. The van der Waals surface area contributed by atoms with Crippen molar-refractivity contribution in [3.05, 3.63) is 48.1 Å². The minimum Gasteiger partial charge on any atom is -0.490 e. The summed E-state index contributed by atoms with van der Waals surface area (Å²) < 4.78 is 22.4. The number of rotatable bonds is 7. The van der Waals surface area contributed by atoms with Crippen molar-refractivity contribution >= 4 is 34.3 Å². The molecule has 31 heavy (non-hydrogen) atoms. The van der Waals surface area contributed by atoms with Crippen molar-refractivity contribution in [3.63, 3.8) is 0 Å². The highest BCUT2D eigenvalue weighted by atomic mass is 35.5. The van der Waals surface area contributed by atoms with Gasteiger partial charge >= 0.3 is 11.9 Å². The van der Waals surface area contributed by atoms with Crippen molar-refractivity contribution in [2.75, 3.05) is 14.2 Å². The Kier molecular flexibility index (Phi) is 6.91. The highest BCUT2D eigenvalue weighted by molar-refractivity contribution is 6.26. The Bertz CT molecular complexity index is 1070. The van der Waals surface area contributed by atoms with Crippen LogP contribution in [0, 0.1) is 6.92 Å². The van der Waals surface area contributed by atoms with Crippen molar-refractivity contribution in [2.24, 2.45) is 0 Å². The number of alkyl halides is 1. The van der Waals surface area contributed by atoms with E-state index in [0.29, 0.717) is 17.2 Å². The van der Waals surface area contributed by atoms with Gasteiger partial charge in [0.05, 0.1) is 25.5 Å². The zero-order valence-electron chi connectivity index (χ0n) is 18.0. The number of allylic oxidation sites excluding steroid dienone is 4. The maximum absolute atomic E-state index is 12.9. The number of ether oxygens (including phenoxy) is 4. The van der Waals surface area contributed by atoms with Crippen LogP contribution in [0.1, 0.15) is 31.7 Å². The summed E-state index contributed by atoms with van der Waals surface area (Å²) in [7, 11) is 2.86. The molecule has 0 heterocycles. The summed E-state index contributed by atoms with van der Waals surface area (Å²) in [6.45, 7) is 3.57. The molecule has 7 heteroatoms. The van der Waals surface area contributed by atoms with Crippen LogP contribution in [-0.4, -0.2) is 31.0 Å². The summed E-state index contributed by atoms with van der Waals surface area (Å²) in [5.41, 5.74) is 0.816. The molecule has 1 aliphatic carbocycles. The molecule has 0 aliphatic heterocycles. The van der Waals surface area contributed by atoms with Gasteiger partial charge in [-0.2, -0.15) is 0 Å². The second kappa shape index (κ2) is 9.43. The van der Waals surface area contributed by atoms with Crippen LogP contribution in [0.25, 0.3) is 10.8 Å². The van der Waals surface area contributed by atoms with Gasteiger partial charge in [-0.3, -0.25) is 9.59 Å². The smallest absolute Gasteiger partial charge is 0.313 e. The van der Waals surface area contributed by atoms with Gasteiger partial charge in [-0.1, -0.05) is 49.4 Å². The molecule has 3 rings (SSSR count). The van der Waals surface area contributed by atoms with E-state index < -0.39 is 16.8 Å². The number of carbonyl (C=O) groups is 2. The summed E-state index contributed by atoms with van der Waals surface area (Å²) in [5, 5.41) is 1.17. The molecule has 0 N–H and O–H groups in total. The maximum Gasteiger partial charge on any atom is 0.313 e. The number of hydrogen-bond acceptors (Lipinski definition) is 6. The Hall–Kier alpha value is -2.99. The topological polar surface area (TPSA) is 71.1 Å². The van der Waals surface area contributed by atoms with E-state index in [0.717, 1.165) is 5.56 Å². The Morgan fingerprint density at radius 1 is 1.00 bits per heavy atom. The number of methoxy groups -OCH3 is 2. The zero-order valence-corrected chi connectivity index (χ0v) is 18.7. The van der Waals surface area contributed by atoms with E-state index in [1.807, 2.05) is 37.3 Å². The van der Waals surface area contributed by atoms with E-state index in [4.69, 9.17) is 30.5 Å². The lowest BCUT2D eigenvalue weighted by Crippen LogP contribution is -2.26. The minimum absolute atomic E-state index is 0.0270. The summed E-state index contributed by atoms with van der Waals surface area (Å²) in [4.78, 5) is 24.1. The van der Waals surface area contributed by atoms with Crippen LogP contribution in [-0.2, 0) is 9.59 Å². The molecule has 2 aromatic carbocycles. The Balaban J connectivity index is 2.13. The molecule has 164 valence electrons. The van der Waals surface area contributed by atoms with Gasteiger partial charge in [-0.05, 0) is 18.9 Å². The van der Waals surface area contributed by atoms with Gasteiger partial charge in [0.15, 0.2) is 11.5 Å². The molecular formula is C24H25ClO6. The molecule has 0 saturated carbocycles. The van der Waals surface area contributed by atoms with Gasteiger partial charge in [-0.15, -0.1) is 11.6 Å². The van der Waals surface area contributed by atoms with E-state index in [9.17, 15) is 9.59 Å². The highest BCUT2D eigenvalue weighted by Crippen LogP contribution is 2.52. The second-order valence-corrected chi connectivity index (χ2v) is 7.98. The standard InChI is InChI=1S/C24H25ClO6/c1-5-17(26)30-20-16-11-9-10-15(2)19(16)21(23(29-4)22(20)28-3)31-18(27)14-24(25)12-7-6-8-13-24/h6-12H,5,13-14H2,1-4H3. The molecule has 1 aliphatic rings. The maximum atomic E-state index is 12.9. The average molecular weight is 445 g/mol. The number of fused-ring (bicyclic) bond motifs is 1. The fraction of sp³-hybridized carbons (Fsp3) is 0.333. The van der Waals surface area contributed by atoms with E-state index in [1.165, 1.54) is 14.2 Å². The number of esters is 2.